The van der Waals surface area contributed by atoms with E-state index in [0.29, 0.717) is 22.6 Å². The van der Waals surface area contributed by atoms with E-state index in [4.69, 9.17) is 0 Å². The van der Waals surface area contributed by atoms with Crippen molar-refractivity contribution in [3.05, 3.63) is 45.0 Å². The first-order valence-electron chi connectivity index (χ1n) is 7.03. The number of hydrogen-bond donors (Lipinski definition) is 0. The van der Waals surface area contributed by atoms with Gasteiger partial charge in [0.05, 0.1) is 22.9 Å². The molecule has 1 aromatic carbocycles. The van der Waals surface area contributed by atoms with Crippen molar-refractivity contribution in [1.29, 1.82) is 0 Å². The molecule has 2 fully saturated rings. The highest BCUT2D eigenvalue weighted by Crippen LogP contribution is 2.61. The van der Waals surface area contributed by atoms with Gasteiger partial charge in [0, 0.05) is 0 Å². The van der Waals surface area contributed by atoms with Crippen LogP contribution < -0.4 is 11.1 Å². The van der Waals surface area contributed by atoms with Crippen LogP contribution in [0.2, 0.25) is 0 Å². The molecule has 6 rings (SSSR count). The third kappa shape index (κ3) is 1.03. The van der Waals surface area contributed by atoms with E-state index in [0.717, 1.165) is 12.8 Å². The van der Waals surface area contributed by atoms with Gasteiger partial charge in [-0.15, -0.1) is 0 Å². The average molecular weight is 254 g/mol. The fraction of sp³-hybridized carbons (Fsp3) is 0.467. The minimum absolute atomic E-state index is 0.0234. The molecule has 19 heavy (non-hydrogen) atoms. The summed E-state index contributed by atoms with van der Waals surface area (Å²) < 4.78 is 3.57. The molecule has 4 unspecified atom stereocenters. The fourth-order valence-electron chi connectivity index (χ4n) is 4.42. The van der Waals surface area contributed by atoms with Gasteiger partial charge in [-0.3, -0.25) is 9.59 Å². The fourth-order valence-corrected chi connectivity index (χ4v) is 4.42. The van der Waals surface area contributed by atoms with Gasteiger partial charge in [-0.25, -0.2) is 9.36 Å². The van der Waals surface area contributed by atoms with Crippen LogP contribution in [0, 0.1) is 11.8 Å². The monoisotopic (exact) mass is 254 g/mol. The van der Waals surface area contributed by atoms with Crippen LogP contribution in [0.3, 0.4) is 0 Å². The normalized spacial score (nSPS) is 34.1. The van der Waals surface area contributed by atoms with Crippen molar-refractivity contribution in [1.82, 2.24) is 9.36 Å². The maximum absolute atomic E-state index is 12.7. The van der Waals surface area contributed by atoms with E-state index in [2.05, 4.69) is 0 Å². The van der Waals surface area contributed by atoms with Crippen molar-refractivity contribution in [3.63, 3.8) is 0 Å². The summed E-state index contributed by atoms with van der Waals surface area (Å²) in [5, 5.41) is 1.15. The van der Waals surface area contributed by atoms with Crippen molar-refractivity contribution in [2.24, 2.45) is 11.8 Å². The molecule has 2 aliphatic heterocycles. The summed E-state index contributed by atoms with van der Waals surface area (Å²) in [6.45, 7) is 0. The second-order valence-corrected chi connectivity index (χ2v) is 6.12. The van der Waals surface area contributed by atoms with Crippen molar-refractivity contribution in [2.75, 3.05) is 0 Å². The molecular weight excluding hydrogens is 240 g/mol. The maximum Gasteiger partial charge on any atom is 0.273 e. The van der Waals surface area contributed by atoms with Crippen molar-refractivity contribution in [3.8, 4) is 0 Å². The summed E-state index contributed by atoms with van der Waals surface area (Å²) >= 11 is 0. The molecular formula is C15H14N2O2. The van der Waals surface area contributed by atoms with Crippen LogP contribution in [-0.2, 0) is 0 Å². The zero-order valence-corrected chi connectivity index (χ0v) is 10.5. The van der Waals surface area contributed by atoms with Crippen LogP contribution in [0.5, 0.6) is 0 Å². The molecule has 0 spiro atoms. The zero-order valence-electron chi connectivity index (χ0n) is 10.5. The molecule has 2 saturated carbocycles. The Kier molecular flexibility index (Phi) is 1.58. The van der Waals surface area contributed by atoms with Gasteiger partial charge in [-0.05, 0) is 43.2 Å². The van der Waals surface area contributed by atoms with Crippen molar-refractivity contribution in [2.45, 2.75) is 31.3 Å². The number of aromatic nitrogens is 2. The number of benzene rings is 1. The number of nitrogens with zero attached hydrogens (tertiary/aromatic N) is 2. The van der Waals surface area contributed by atoms with Gasteiger partial charge in [0.2, 0.25) is 0 Å². The van der Waals surface area contributed by atoms with Gasteiger partial charge in [0.15, 0.2) is 0 Å². The summed E-state index contributed by atoms with van der Waals surface area (Å²) in [6.07, 6.45) is 3.31. The number of rotatable bonds is 0. The Morgan fingerprint density at radius 1 is 0.842 bits per heavy atom. The summed E-state index contributed by atoms with van der Waals surface area (Å²) in [5.74, 6) is 1.30. The Bertz CT molecular complexity index is 764. The van der Waals surface area contributed by atoms with E-state index in [-0.39, 0.29) is 23.2 Å². The van der Waals surface area contributed by atoms with E-state index in [1.54, 1.807) is 21.5 Å². The quantitative estimate of drug-likeness (QED) is 0.718. The molecule has 0 radical (unpaired) electrons. The van der Waals surface area contributed by atoms with E-state index >= 15 is 0 Å². The first-order valence-corrected chi connectivity index (χ1v) is 7.03. The first kappa shape index (κ1) is 10.0. The molecule has 2 aliphatic carbocycles. The van der Waals surface area contributed by atoms with E-state index in [1.165, 1.54) is 6.42 Å². The first-order chi connectivity index (χ1) is 9.27. The van der Waals surface area contributed by atoms with Crippen molar-refractivity contribution >= 4 is 10.8 Å². The molecule has 3 heterocycles. The van der Waals surface area contributed by atoms with Crippen LogP contribution in [0.1, 0.15) is 31.3 Å². The van der Waals surface area contributed by atoms with E-state index in [1.807, 2.05) is 12.1 Å². The van der Waals surface area contributed by atoms with Gasteiger partial charge in [-0.1, -0.05) is 12.1 Å². The third-order valence-electron chi connectivity index (χ3n) is 5.30. The summed E-state index contributed by atoms with van der Waals surface area (Å²) in [5.41, 5.74) is 0.0468. The average Bonchev–Trinajstić information content (AvgIpc) is 3.26. The molecule has 4 aliphatic rings. The Morgan fingerprint density at radius 2 is 1.32 bits per heavy atom. The van der Waals surface area contributed by atoms with Gasteiger partial charge in [0.1, 0.15) is 0 Å². The largest absolute Gasteiger partial charge is 0.273 e. The van der Waals surface area contributed by atoms with Crippen LogP contribution in [0.4, 0.5) is 0 Å². The van der Waals surface area contributed by atoms with Crippen molar-refractivity contribution < 1.29 is 0 Å². The minimum atomic E-state index is 0.0234. The van der Waals surface area contributed by atoms with Gasteiger partial charge in [0.25, 0.3) is 11.1 Å². The molecule has 96 valence electrons. The molecule has 0 saturated heterocycles. The highest BCUT2D eigenvalue weighted by atomic mass is 16.2. The minimum Gasteiger partial charge on any atom is -0.267 e. The van der Waals surface area contributed by atoms with Crippen LogP contribution in [0.25, 0.3) is 10.8 Å². The predicted octanol–water partition coefficient (Wildman–Crippen LogP) is 1.69. The lowest BCUT2D eigenvalue weighted by Crippen LogP contribution is -2.49. The van der Waals surface area contributed by atoms with Crippen LogP contribution >= 0.6 is 0 Å². The Balaban J connectivity index is 2.00. The maximum atomic E-state index is 12.7. The second-order valence-electron chi connectivity index (χ2n) is 6.12. The SMILES string of the molecule is O=c1c2ccccc2c(=O)n2n1C1CCC2C2CC21. The van der Waals surface area contributed by atoms with Gasteiger partial charge in [-0.2, -0.15) is 0 Å². The lowest BCUT2D eigenvalue weighted by atomic mass is 9.88. The Labute approximate surface area is 109 Å². The zero-order chi connectivity index (χ0) is 12.7. The smallest absolute Gasteiger partial charge is 0.267 e. The summed E-state index contributed by atoms with van der Waals surface area (Å²) in [7, 11) is 0. The standard InChI is InChI=1S/C15H14N2O2/c18-14-8-3-1-2-4-9(8)15(19)17-13-6-5-12(16(14)17)10-7-11(10)13/h1-4,10-13H,5-7H2. The molecule has 2 bridgehead atoms. The van der Waals surface area contributed by atoms with Crippen LogP contribution in [-0.4, -0.2) is 9.36 Å². The Morgan fingerprint density at radius 3 is 1.79 bits per heavy atom. The lowest BCUT2D eigenvalue weighted by molar-refractivity contribution is 0.118. The molecule has 0 amide bonds. The molecule has 4 nitrogen and oxygen atoms in total. The lowest BCUT2D eigenvalue weighted by Gasteiger charge is -2.40. The predicted molar refractivity (Wildman–Crippen MR) is 71.4 cm³/mol. The molecule has 4 heteroatoms. The summed E-state index contributed by atoms with van der Waals surface area (Å²) in [6, 6.07) is 7.75. The van der Waals surface area contributed by atoms with Gasteiger partial charge < -0.3 is 0 Å². The summed E-state index contributed by atoms with van der Waals surface area (Å²) in [4.78, 5) is 25.4. The molecule has 0 N–H and O–H groups in total. The Hall–Kier alpha value is -1.84. The number of hydrogen-bond acceptors (Lipinski definition) is 2. The third-order valence-corrected chi connectivity index (χ3v) is 5.30. The molecule has 4 atom stereocenters. The molecule has 1 aromatic heterocycles. The number of fused-ring (bicyclic) bond motifs is 2. The van der Waals surface area contributed by atoms with E-state index in [9.17, 15) is 9.59 Å². The van der Waals surface area contributed by atoms with Gasteiger partial charge >= 0.3 is 0 Å². The van der Waals surface area contributed by atoms with E-state index < -0.39 is 0 Å². The highest BCUT2D eigenvalue weighted by Gasteiger charge is 2.57. The topological polar surface area (TPSA) is 44.0 Å². The highest BCUT2D eigenvalue weighted by molar-refractivity contribution is 5.80. The molecule has 2 aromatic rings. The second kappa shape index (κ2) is 3.00. The van der Waals surface area contributed by atoms with Crippen LogP contribution in [0.15, 0.2) is 33.9 Å².